The lowest BCUT2D eigenvalue weighted by atomic mass is 10.1. The number of rotatable bonds is 6. The second-order valence-electron chi connectivity index (χ2n) is 12.8. The first kappa shape index (κ1) is 29.0. The molecule has 0 atom stereocenters. The number of benzene rings is 7. The van der Waals surface area contributed by atoms with Gasteiger partial charge < -0.3 is 9.13 Å². The number of anilines is 3. The van der Waals surface area contributed by atoms with Gasteiger partial charge in [-0.15, -0.1) is 0 Å². The van der Waals surface area contributed by atoms with Gasteiger partial charge in [-0.3, -0.25) is 4.90 Å². The number of aromatic nitrogens is 4. The Morgan fingerprint density at radius 2 is 0.824 bits per heavy atom. The van der Waals surface area contributed by atoms with E-state index in [1.54, 1.807) is 0 Å². The van der Waals surface area contributed by atoms with Gasteiger partial charge in [0.05, 0.1) is 27.8 Å². The van der Waals surface area contributed by atoms with Crippen molar-refractivity contribution in [1.29, 1.82) is 0 Å². The van der Waals surface area contributed by atoms with Gasteiger partial charge in [0.15, 0.2) is 0 Å². The Balaban J connectivity index is 1.21. The fourth-order valence-electron chi connectivity index (χ4n) is 7.50. The van der Waals surface area contributed by atoms with E-state index in [0.29, 0.717) is 5.95 Å². The predicted octanol–water partition coefficient (Wildman–Crippen LogP) is 11.8. The van der Waals surface area contributed by atoms with Gasteiger partial charge in [-0.1, -0.05) is 109 Å². The average molecular weight is 654 g/mol. The summed E-state index contributed by atoms with van der Waals surface area (Å²) in [5, 5.41) is 4.77. The third-order valence-electron chi connectivity index (χ3n) is 9.80. The molecule has 240 valence electrons. The zero-order valence-corrected chi connectivity index (χ0v) is 27.6. The molecule has 0 aliphatic heterocycles. The lowest BCUT2D eigenvalue weighted by Gasteiger charge is -2.24. The summed E-state index contributed by atoms with van der Waals surface area (Å²) in [4.78, 5) is 12.2. The Kier molecular flexibility index (Phi) is 6.74. The van der Waals surface area contributed by atoms with Crippen molar-refractivity contribution in [3.63, 3.8) is 0 Å². The molecule has 3 aromatic heterocycles. The molecule has 0 bridgehead atoms. The van der Waals surface area contributed by atoms with Crippen molar-refractivity contribution in [1.82, 2.24) is 19.1 Å². The summed E-state index contributed by atoms with van der Waals surface area (Å²) in [5.41, 5.74) is 10.9. The molecule has 10 rings (SSSR count). The maximum absolute atomic E-state index is 5.01. The first-order valence-corrected chi connectivity index (χ1v) is 17.2. The predicted molar refractivity (Wildman–Crippen MR) is 211 cm³/mol. The SMILES string of the molecule is c1ccc(-c2cnc(N(c3ccc4c(c3)c3ccccc3n4-c3ccccc3)c3ccc4c5ccccc5n(-c5ccccc5)c4c3)nc2)cc1. The van der Waals surface area contributed by atoms with E-state index in [-0.39, 0.29) is 0 Å². The third kappa shape index (κ3) is 4.78. The smallest absolute Gasteiger partial charge is 0.234 e. The fourth-order valence-corrected chi connectivity index (χ4v) is 7.50. The Labute approximate surface area is 294 Å². The van der Waals surface area contributed by atoms with E-state index >= 15 is 0 Å². The molecule has 0 aliphatic rings. The Morgan fingerprint density at radius 1 is 0.353 bits per heavy atom. The van der Waals surface area contributed by atoms with Gasteiger partial charge >= 0.3 is 0 Å². The molecule has 0 saturated carbocycles. The van der Waals surface area contributed by atoms with Gasteiger partial charge in [0, 0.05) is 56.6 Å². The van der Waals surface area contributed by atoms with Crippen molar-refractivity contribution in [2.45, 2.75) is 0 Å². The Morgan fingerprint density at radius 3 is 1.47 bits per heavy atom. The van der Waals surface area contributed by atoms with E-state index in [9.17, 15) is 0 Å². The molecule has 0 radical (unpaired) electrons. The lowest BCUT2D eigenvalue weighted by Crippen LogP contribution is -2.13. The minimum absolute atomic E-state index is 0.600. The fraction of sp³-hybridized carbons (Fsp3) is 0. The minimum atomic E-state index is 0.600. The van der Waals surface area contributed by atoms with Gasteiger partial charge in [-0.25, -0.2) is 9.97 Å². The molecular weight excluding hydrogens is 623 g/mol. The van der Waals surface area contributed by atoms with Crippen LogP contribution in [0.15, 0.2) is 188 Å². The normalized spacial score (nSPS) is 11.5. The molecule has 0 N–H and O–H groups in total. The third-order valence-corrected chi connectivity index (χ3v) is 9.80. The van der Waals surface area contributed by atoms with Gasteiger partial charge in [0.25, 0.3) is 0 Å². The van der Waals surface area contributed by atoms with Crippen LogP contribution < -0.4 is 4.90 Å². The van der Waals surface area contributed by atoms with Gasteiger partial charge in [0.2, 0.25) is 5.95 Å². The van der Waals surface area contributed by atoms with Crippen LogP contribution in [-0.4, -0.2) is 19.1 Å². The highest BCUT2D eigenvalue weighted by Gasteiger charge is 2.21. The van der Waals surface area contributed by atoms with Crippen LogP contribution in [0.1, 0.15) is 0 Å². The van der Waals surface area contributed by atoms with Crippen LogP contribution in [0.2, 0.25) is 0 Å². The van der Waals surface area contributed by atoms with Crippen molar-refractivity contribution >= 4 is 60.9 Å². The van der Waals surface area contributed by atoms with Gasteiger partial charge in [0.1, 0.15) is 0 Å². The monoisotopic (exact) mass is 653 g/mol. The van der Waals surface area contributed by atoms with E-state index in [1.807, 2.05) is 30.6 Å². The molecule has 7 aromatic carbocycles. The molecule has 5 heteroatoms. The Bertz CT molecular complexity index is 2840. The summed E-state index contributed by atoms with van der Waals surface area (Å²) in [6, 6.07) is 62.1. The van der Waals surface area contributed by atoms with Crippen LogP contribution in [0.3, 0.4) is 0 Å². The molecular formula is C46H31N5. The second-order valence-corrected chi connectivity index (χ2v) is 12.8. The molecule has 5 nitrogen and oxygen atoms in total. The number of para-hydroxylation sites is 4. The van der Waals surface area contributed by atoms with Crippen molar-refractivity contribution in [3.05, 3.63) is 188 Å². The number of hydrogen-bond acceptors (Lipinski definition) is 3. The van der Waals surface area contributed by atoms with Crippen LogP contribution in [-0.2, 0) is 0 Å². The van der Waals surface area contributed by atoms with E-state index in [1.165, 1.54) is 27.2 Å². The molecule has 0 saturated heterocycles. The maximum Gasteiger partial charge on any atom is 0.234 e. The minimum Gasteiger partial charge on any atom is -0.309 e. The highest BCUT2D eigenvalue weighted by molar-refractivity contribution is 6.12. The van der Waals surface area contributed by atoms with Crippen molar-refractivity contribution in [3.8, 4) is 22.5 Å². The highest BCUT2D eigenvalue weighted by atomic mass is 15.3. The van der Waals surface area contributed by atoms with E-state index in [2.05, 4.69) is 172 Å². The standard InChI is InChI=1S/C46H31N5/c1-4-14-32(15-5-1)33-30-47-46(48-31-33)49(36-25-27-44-41(28-36)39-21-11-13-23-43(39)50(44)34-16-6-2-7-17-34)37-24-26-40-38-20-10-12-22-42(38)51(45(40)29-37)35-18-8-3-9-19-35/h1-31H. The zero-order chi connectivity index (χ0) is 33.7. The lowest BCUT2D eigenvalue weighted by molar-refractivity contribution is 1.08. The van der Waals surface area contributed by atoms with Gasteiger partial charge in [-0.05, 0) is 72.3 Å². The summed E-state index contributed by atoms with van der Waals surface area (Å²) < 4.78 is 4.69. The number of nitrogens with zero attached hydrogens (tertiary/aromatic N) is 5. The molecule has 0 unspecified atom stereocenters. The van der Waals surface area contributed by atoms with Crippen LogP contribution >= 0.6 is 0 Å². The van der Waals surface area contributed by atoms with Crippen LogP contribution in [0.4, 0.5) is 17.3 Å². The molecule has 3 heterocycles. The summed E-state index contributed by atoms with van der Waals surface area (Å²) in [7, 11) is 0. The van der Waals surface area contributed by atoms with Gasteiger partial charge in [-0.2, -0.15) is 0 Å². The zero-order valence-electron chi connectivity index (χ0n) is 27.6. The molecule has 0 aliphatic carbocycles. The van der Waals surface area contributed by atoms with Crippen LogP contribution in [0.25, 0.3) is 66.1 Å². The maximum atomic E-state index is 5.01. The summed E-state index contributed by atoms with van der Waals surface area (Å²) >= 11 is 0. The van der Waals surface area contributed by atoms with Crippen molar-refractivity contribution in [2.75, 3.05) is 4.90 Å². The molecule has 0 amide bonds. The Hall–Kier alpha value is -6.98. The first-order valence-electron chi connectivity index (χ1n) is 17.2. The van der Waals surface area contributed by atoms with Crippen LogP contribution in [0, 0.1) is 0 Å². The quantitative estimate of drug-likeness (QED) is 0.179. The highest BCUT2D eigenvalue weighted by Crippen LogP contribution is 2.41. The molecule has 10 aromatic rings. The average Bonchev–Trinajstić information content (AvgIpc) is 3.72. The summed E-state index contributed by atoms with van der Waals surface area (Å²) in [6.07, 6.45) is 3.84. The van der Waals surface area contributed by atoms with Crippen molar-refractivity contribution < 1.29 is 0 Å². The van der Waals surface area contributed by atoms with Crippen molar-refractivity contribution in [2.24, 2.45) is 0 Å². The van der Waals surface area contributed by atoms with E-state index in [4.69, 9.17) is 9.97 Å². The topological polar surface area (TPSA) is 38.9 Å². The molecule has 0 fully saturated rings. The summed E-state index contributed by atoms with van der Waals surface area (Å²) in [5.74, 6) is 0.600. The van der Waals surface area contributed by atoms with Crippen LogP contribution in [0.5, 0.6) is 0 Å². The van der Waals surface area contributed by atoms with E-state index in [0.717, 1.165) is 50.3 Å². The van der Waals surface area contributed by atoms with E-state index < -0.39 is 0 Å². The molecule has 51 heavy (non-hydrogen) atoms. The number of hydrogen-bond donors (Lipinski definition) is 0. The largest absolute Gasteiger partial charge is 0.309 e. The second kappa shape index (κ2) is 11.9. The molecule has 0 spiro atoms. The first-order chi connectivity index (χ1) is 25.3. The number of fused-ring (bicyclic) bond motifs is 6. The summed E-state index contributed by atoms with van der Waals surface area (Å²) in [6.45, 7) is 0.